The number of rotatable bonds is 3. The summed E-state index contributed by atoms with van der Waals surface area (Å²) < 4.78 is 0. The molecule has 104 valence electrons. The molecule has 0 N–H and O–H groups in total. The fourth-order valence-corrected chi connectivity index (χ4v) is 3.14. The van der Waals surface area contributed by atoms with Gasteiger partial charge in [0.2, 0.25) is 0 Å². The second kappa shape index (κ2) is 5.58. The lowest BCUT2D eigenvalue weighted by molar-refractivity contribution is -0.122. The number of benzene rings is 2. The molecule has 0 aliphatic carbocycles. The van der Waals surface area contributed by atoms with Gasteiger partial charge in [0.1, 0.15) is 0 Å². The molecule has 1 saturated heterocycles. The van der Waals surface area contributed by atoms with E-state index >= 15 is 0 Å². The van der Waals surface area contributed by atoms with E-state index in [9.17, 15) is 9.59 Å². The number of fused-ring (bicyclic) bond motifs is 1. The fourth-order valence-electron chi connectivity index (χ4n) is 2.30. The third-order valence-electron chi connectivity index (χ3n) is 3.30. The van der Waals surface area contributed by atoms with E-state index in [0.717, 1.165) is 28.1 Å². The molecule has 0 aromatic heterocycles. The van der Waals surface area contributed by atoms with Crippen LogP contribution < -0.4 is 0 Å². The Balaban J connectivity index is 2.03. The van der Waals surface area contributed by atoms with Crippen LogP contribution in [-0.4, -0.2) is 22.6 Å². The van der Waals surface area contributed by atoms with Crippen molar-refractivity contribution in [1.82, 2.24) is 4.90 Å². The minimum absolute atomic E-state index is 0.244. The molecule has 1 heterocycles. The molecule has 0 atom stereocenters. The van der Waals surface area contributed by atoms with Gasteiger partial charge in [0.25, 0.3) is 11.1 Å². The fraction of sp³-hybridized carbons (Fsp3) is 0.0588. The zero-order valence-electron chi connectivity index (χ0n) is 11.3. The smallest absolute Gasteiger partial charge is 0.268 e. The standard InChI is InChI=1S/C17H13NO2S/c1-2-10-18-16(19)15(21-17(18)20)11-13-8-5-7-12-6-3-4-9-14(12)13/h2-9,11H,1,10H2. The van der Waals surface area contributed by atoms with Gasteiger partial charge >= 0.3 is 0 Å². The number of nitrogens with zero attached hydrogens (tertiary/aromatic N) is 1. The maximum atomic E-state index is 12.2. The summed E-state index contributed by atoms with van der Waals surface area (Å²) in [5.41, 5.74) is 0.942. The van der Waals surface area contributed by atoms with Crippen molar-refractivity contribution in [3.63, 3.8) is 0 Å². The van der Waals surface area contributed by atoms with Crippen LogP contribution in [-0.2, 0) is 4.79 Å². The second-order valence-corrected chi connectivity index (χ2v) is 5.64. The Morgan fingerprint density at radius 3 is 2.67 bits per heavy atom. The molecule has 2 aromatic rings. The maximum Gasteiger partial charge on any atom is 0.293 e. The van der Waals surface area contributed by atoms with Crippen molar-refractivity contribution in [2.75, 3.05) is 6.54 Å². The third kappa shape index (κ3) is 2.50. The first-order chi connectivity index (χ1) is 10.2. The third-order valence-corrected chi connectivity index (χ3v) is 4.20. The lowest BCUT2D eigenvalue weighted by Crippen LogP contribution is -2.27. The van der Waals surface area contributed by atoms with E-state index in [0.29, 0.717) is 4.91 Å². The van der Waals surface area contributed by atoms with E-state index in [2.05, 4.69) is 6.58 Å². The topological polar surface area (TPSA) is 37.4 Å². The van der Waals surface area contributed by atoms with Crippen LogP contribution in [0.1, 0.15) is 5.56 Å². The van der Waals surface area contributed by atoms with Crippen molar-refractivity contribution >= 4 is 39.8 Å². The molecule has 2 amide bonds. The zero-order chi connectivity index (χ0) is 14.8. The number of hydrogen-bond donors (Lipinski definition) is 0. The molecule has 0 spiro atoms. The normalized spacial score (nSPS) is 17.0. The summed E-state index contributed by atoms with van der Waals surface area (Å²) >= 11 is 0.976. The number of carbonyl (C=O) groups is 2. The van der Waals surface area contributed by atoms with Crippen LogP contribution in [0.2, 0.25) is 0 Å². The summed E-state index contributed by atoms with van der Waals surface area (Å²) in [7, 11) is 0. The van der Waals surface area contributed by atoms with Crippen LogP contribution in [0.25, 0.3) is 16.8 Å². The minimum atomic E-state index is -0.252. The van der Waals surface area contributed by atoms with Crippen molar-refractivity contribution in [3.05, 3.63) is 65.6 Å². The zero-order valence-corrected chi connectivity index (χ0v) is 12.1. The van der Waals surface area contributed by atoms with E-state index in [1.54, 1.807) is 12.2 Å². The predicted octanol–water partition coefficient (Wildman–Crippen LogP) is 4.06. The van der Waals surface area contributed by atoms with Gasteiger partial charge in [-0.15, -0.1) is 6.58 Å². The van der Waals surface area contributed by atoms with E-state index < -0.39 is 0 Å². The van der Waals surface area contributed by atoms with Crippen LogP contribution in [0, 0.1) is 0 Å². The van der Waals surface area contributed by atoms with Crippen LogP contribution in [0.5, 0.6) is 0 Å². The molecule has 2 aromatic carbocycles. The van der Waals surface area contributed by atoms with Crippen molar-refractivity contribution < 1.29 is 9.59 Å². The summed E-state index contributed by atoms with van der Waals surface area (Å²) in [5.74, 6) is -0.252. The second-order valence-electron chi connectivity index (χ2n) is 4.65. The first-order valence-corrected chi connectivity index (χ1v) is 7.36. The van der Waals surface area contributed by atoms with Gasteiger partial charge in [-0.1, -0.05) is 48.5 Å². The maximum absolute atomic E-state index is 12.2. The first-order valence-electron chi connectivity index (χ1n) is 6.55. The summed E-state index contributed by atoms with van der Waals surface area (Å²) in [5, 5.41) is 1.93. The molecule has 0 bridgehead atoms. The average Bonchev–Trinajstić information content (AvgIpc) is 2.76. The highest BCUT2D eigenvalue weighted by atomic mass is 32.2. The molecule has 4 heteroatoms. The Morgan fingerprint density at radius 2 is 1.86 bits per heavy atom. The molecule has 0 unspecified atom stereocenters. The largest absolute Gasteiger partial charge is 0.293 e. The van der Waals surface area contributed by atoms with Crippen molar-refractivity contribution in [2.24, 2.45) is 0 Å². The molecule has 0 saturated carbocycles. The molecule has 3 nitrogen and oxygen atoms in total. The summed E-state index contributed by atoms with van der Waals surface area (Å²) in [6.07, 6.45) is 3.34. The average molecular weight is 295 g/mol. The first kappa shape index (κ1) is 13.6. The van der Waals surface area contributed by atoms with Gasteiger partial charge in [-0.25, -0.2) is 0 Å². The van der Waals surface area contributed by atoms with Crippen LogP contribution >= 0.6 is 11.8 Å². The molecule has 21 heavy (non-hydrogen) atoms. The van der Waals surface area contributed by atoms with Crippen molar-refractivity contribution in [2.45, 2.75) is 0 Å². The lowest BCUT2D eigenvalue weighted by atomic mass is 10.0. The summed E-state index contributed by atoms with van der Waals surface area (Å²) in [6, 6.07) is 13.9. The Kier molecular flexibility index (Phi) is 3.62. The molecule has 3 rings (SSSR count). The van der Waals surface area contributed by atoms with Gasteiger partial charge in [0, 0.05) is 6.54 Å². The van der Waals surface area contributed by atoms with Crippen LogP contribution in [0.3, 0.4) is 0 Å². The van der Waals surface area contributed by atoms with Gasteiger partial charge in [-0.2, -0.15) is 0 Å². The number of amides is 2. The Bertz CT molecular complexity index is 774. The van der Waals surface area contributed by atoms with E-state index in [1.165, 1.54) is 4.90 Å². The molecule has 0 radical (unpaired) electrons. The highest BCUT2D eigenvalue weighted by Gasteiger charge is 2.34. The Labute approximate surface area is 126 Å². The number of thioether (sulfide) groups is 1. The van der Waals surface area contributed by atoms with Gasteiger partial charge in [-0.3, -0.25) is 14.5 Å². The van der Waals surface area contributed by atoms with E-state index in [4.69, 9.17) is 0 Å². The number of hydrogen-bond acceptors (Lipinski definition) is 3. The van der Waals surface area contributed by atoms with Crippen LogP contribution in [0.15, 0.2) is 60.0 Å². The van der Waals surface area contributed by atoms with Crippen molar-refractivity contribution in [1.29, 1.82) is 0 Å². The van der Waals surface area contributed by atoms with Gasteiger partial charge in [0.05, 0.1) is 4.91 Å². The monoisotopic (exact) mass is 295 g/mol. The van der Waals surface area contributed by atoms with E-state index in [-0.39, 0.29) is 17.7 Å². The number of imide groups is 1. The molecular formula is C17H13NO2S. The molecule has 1 aliphatic rings. The predicted molar refractivity (Wildman–Crippen MR) is 86.8 cm³/mol. The van der Waals surface area contributed by atoms with Crippen LogP contribution in [0.4, 0.5) is 4.79 Å². The number of carbonyl (C=O) groups excluding carboxylic acids is 2. The highest BCUT2D eigenvalue weighted by Crippen LogP contribution is 2.33. The SMILES string of the molecule is C=CCN1C(=O)SC(=Cc2cccc3ccccc23)C1=O. The van der Waals surface area contributed by atoms with Gasteiger partial charge in [0.15, 0.2) is 0 Å². The Hall–Kier alpha value is -2.33. The van der Waals surface area contributed by atoms with Gasteiger partial charge < -0.3 is 0 Å². The summed E-state index contributed by atoms with van der Waals surface area (Å²) in [6.45, 7) is 3.82. The highest BCUT2D eigenvalue weighted by molar-refractivity contribution is 8.18. The van der Waals surface area contributed by atoms with Crippen molar-refractivity contribution in [3.8, 4) is 0 Å². The molecular weight excluding hydrogens is 282 g/mol. The summed E-state index contributed by atoms with van der Waals surface area (Å²) in [4.78, 5) is 25.7. The van der Waals surface area contributed by atoms with Gasteiger partial charge in [-0.05, 0) is 34.2 Å². The Morgan fingerprint density at radius 1 is 1.10 bits per heavy atom. The lowest BCUT2D eigenvalue weighted by Gasteiger charge is -2.08. The quantitative estimate of drug-likeness (QED) is 0.633. The molecule has 1 aliphatic heterocycles. The minimum Gasteiger partial charge on any atom is -0.268 e. The van der Waals surface area contributed by atoms with E-state index in [1.807, 2.05) is 42.5 Å². The molecule has 1 fully saturated rings.